The number of ether oxygens (including phenoxy) is 1. The summed E-state index contributed by atoms with van der Waals surface area (Å²) >= 11 is 0. The topological polar surface area (TPSA) is 9.23 Å². The molecule has 0 aromatic heterocycles. The quantitative estimate of drug-likeness (QED) is 0.618. The summed E-state index contributed by atoms with van der Waals surface area (Å²) in [5.41, 5.74) is 1.88. The van der Waals surface area contributed by atoms with Crippen molar-refractivity contribution in [3.63, 3.8) is 0 Å². The van der Waals surface area contributed by atoms with Gasteiger partial charge in [0.05, 0.1) is 12.7 Å². The average molecular weight is 318 g/mol. The molecule has 0 atom stereocenters. The van der Waals surface area contributed by atoms with Crippen LogP contribution in [-0.4, -0.2) is 7.11 Å². The third-order valence-electron chi connectivity index (χ3n) is 3.38. The van der Waals surface area contributed by atoms with Crippen LogP contribution in [0.4, 0.5) is 0 Å². The summed E-state index contributed by atoms with van der Waals surface area (Å²) in [7, 11) is 1.69. The molecule has 2 rings (SSSR count). The molecule has 0 heterocycles. The number of rotatable bonds is 1. The maximum Gasteiger partial charge on any atom is 0.135 e. The smallest absolute Gasteiger partial charge is 0.135 e. The van der Waals surface area contributed by atoms with Crippen LogP contribution >= 0.6 is 0 Å². The maximum absolute atomic E-state index is 5.53. The van der Waals surface area contributed by atoms with Gasteiger partial charge >= 0.3 is 0 Å². The van der Waals surface area contributed by atoms with E-state index in [2.05, 4.69) is 83.4 Å². The Bertz CT molecular complexity index is 866. The molecule has 0 saturated heterocycles. The molecule has 0 aliphatic rings. The van der Waals surface area contributed by atoms with Crippen molar-refractivity contribution in [1.29, 1.82) is 0 Å². The fraction of sp³-hybridized carbons (Fsp3) is 0.391. The third kappa shape index (κ3) is 4.56. The van der Waals surface area contributed by atoms with Crippen molar-refractivity contribution in [2.24, 2.45) is 10.8 Å². The second-order valence-corrected chi connectivity index (χ2v) is 8.04. The molecule has 0 bridgehead atoms. The molecule has 0 fully saturated rings. The molecule has 2 aromatic rings. The van der Waals surface area contributed by atoms with Gasteiger partial charge in [-0.2, -0.15) is 0 Å². The predicted molar refractivity (Wildman–Crippen MR) is 103 cm³/mol. The lowest BCUT2D eigenvalue weighted by atomic mass is 9.94. The van der Waals surface area contributed by atoms with Crippen LogP contribution in [0.25, 0.3) is 10.8 Å². The molecule has 24 heavy (non-hydrogen) atoms. The van der Waals surface area contributed by atoms with E-state index in [-0.39, 0.29) is 10.8 Å². The SMILES string of the molecule is COc1ccc2c(C#CC(C)(C)C)cccc2c1C#CC(C)(C)C. The zero-order valence-corrected chi connectivity index (χ0v) is 15.8. The van der Waals surface area contributed by atoms with Gasteiger partial charge in [0.15, 0.2) is 0 Å². The summed E-state index contributed by atoms with van der Waals surface area (Å²) in [6.07, 6.45) is 0. The van der Waals surface area contributed by atoms with Gasteiger partial charge in [-0.25, -0.2) is 0 Å². The molecule has 0 spiro atoms. The molecular formula is C23H26O. The molecule has 0 radical (unpaired) electrons. The first kappa shape index (κ1) is 18.0. The highest BCUT2D eigenvalue weighted by Gasteiger charge is 2.11. The molecule has 1 nitrogen and oxygen atoms in total. The van der Waals surface area contributed by atoms with E-state index in [4.69, 9.17) is 4.74 Å². The highest BCUT2D eigenvalue weighted by atomic mass is 16.5. The normalized spacial score (nSPS) is 11.3. The van der Waals surface area contributed by atoms with E-state index in [1.807, 2.05) is 12.1 Å². The van der Waals surface area contributed by atoms with E-state index < -0.39 is 0 Å². The minimum Gasteiger partial charge on any atom is -0.495 e. The first-order valence-corrected chi connectivity index (χ1v) is 8.27. The fourth-order valence-corrected chi connectivity index (χ4v) is 2.25. The molecule has 124 valence electrons. The summed E-state index contributed by atoms with van der Waals surface area (Å²) < 4.78 is 5.53. The summed E-state index contributed by atoms with van der Waals surface area (Å²) in [6.45, 7) is 12.7. The molecule has 0 saturated carbocycles. The summed E-state index contributed by atoms with van der Waals surface area (Å²) in [4.78, 5) is 0. The lowest BCUT2D eigenvalue weighted by Crippen LogP contribution is -2.00. The van der Waals surface area contributed by atoms with Crippen LogP contribution < -0.4 is 4.74 Å². The van der Waals surface area contributed by atoms with E-state index in [0.29, 0.717) is 0 Å². The molecule has 0 amide bonds. The maximum atomic E-state index is 5.53. The van der Waals surface area contributed by atoms with E-state index in [1.165, 1.54) is 0 Å². The van der Waals surface area contributed by atoms with Crippen LogP contribution in [0.1, 0.15) is 52.7 Å². The van der Waals surface area contributed by atoms with E-state index >= 15 is 0 Å². The lowest BCUT2D eigenvalue weighted by molar-refractivity contribution is 0.414. The van der Waals surface area contributed by atoms with Crippen molar-refractivity contribution in [3.05, 3.63) is 41.5 Å². The van der Waals surface area contributed by atoms with Crippen LogP contribution in [0.3, 0.4) is 0 Å². The van der Waals surface area contributed by atoms with Gasteiger partial charge in [-0.15, -0.1) is 0 Å². The Morgan fingerprint density at radius 2 is 1.38 bits per heavy atom. The Hall–Kier alpha value is -2.38. The Morgan fingerprint density at radius 3 is 1.96 bits per heavy atom. The molecule has 0 aliphatic carbocycles. The second kappa shape index (κ2) is 6.62. The zero-order valence-electron chi connectivity index (χ0n) is 15.8. The van der Waals surface area contributed by atoms with Gasteiger partial charge in [0.2, 0.25) is 0 Å². The molecule has 0 aliphatic heterocycles. The number of hydrogen-bond donors (Lipinski definition) is 0. The van der Waals surface area contributed by atoms with Crippen molar-refractivity contribution >= 4 is 10.8 Å². The first-order chi connectivity index (χ1) is 11.1. The highest BCUT2D eigenvalue weighted by molar-refractivity contribution is 5.94. The largest absolute Gasteiger partial charge is 0.495 e. The van der Waals surface area contributed by atoms with Gasteiger partial charge < -0.3 is 4.74 Å². The molecule has 2 aromatic carbocycles. The fourth-order valence-electron chi connectivity index (χ4n) is 2.25. The van der Waals surface area contributed by atoms with Crippen LogP contribution in [-0.2, 0) is 0 Å². The minimum atomic E-state index is -0.0587. The second-order valence-electron chi connectivity index (χ2n) is 8.04. The Kier molecular flexibility index (Phi) is 4.96. The van der Waals surface area contributed by atoms with Gasteiger partial charge in [-0.05, 0) is 65.1 Å². The van der Waals surface area contributed by atoms with Crippen LogP contribution in [0.5, 0.6) is 5.75 Å². The number of benzene rings is 2. The van der Waals surface area contributed by atoms with Crippen molar-refractivity contribution in [1.82, 2.24) is 0 Å². The van der Waals surface area contributed by atoms with Gasteiger partial charge in [-0.1, -0.05) is 35.8 Å². The monoisotopic (exact) mass is 318 g/mol. The number of hydrogen-bond acceptors (Lipinski definition) is 1. The van der Waals surface area contributed by atoms with Gasteiger partial charge in [0.1, 0.15) is 5.75 Å². The molecule has 1 heteroatoms. The predicted octanol–water partition coefficient (Wildman–Crippen LogP) is 5.64. The average Bonchev–Trinajstić information content (AvgIpc) is 2.48. The number of fused-ring (bicyclic) bond motifs is 1. The Labute approximate surface area is 146 Å². The molecule has 0 unspecified atom stereocenters. The Balaban J connectivity index is 2.72. The standard InChI is InChI=1S/C23H26O/c1-22(2,3)15-13-17-9-8-10-19-18(17)11-12-21(24-7)20(19)14-16-23(4,5)6/h8-12H,1-7H3. The van der Waals surface area contributed by atoms with Crippen LogP contribution in [0, 0.1) is 34.5 Å². The highest BCUT2D eigenvalue weighted by Crippen LogP contribution is 2.30. The van der Waals surface area contributed by atoms with Crippen molar-refractivity contribution in [3.8, 4) is 29.4 Å². The number of methoxy groups -OCH3 is 1. The summed E-state index contributed by atoms with van der Waals surface area (Å²) in [5, 5.41) is 2.21. The van der Waals surface area contributed by atoms with Crippen molar-refractivity contribution < 1.29 is 4.74 Å². The van der Waals surface area contributed by atoms with Crippen molar-refractivity contribution in [2.75, 3.05) is 7.11 Å². The lowest BCUT2D eigenvalue weighted by Gasteiger charge is -2.11. The molecule has 0 N–H and O–H groups in total. The zero-order chi connectivity index (χ0) is 18.0. The molecular weight excluding hydrogens is 292 g/mol. The van der Waals surface area contributed by atoms with E-state index in [0.717, 1.165) is 27.6 Å². The summed E-state index contributed by atoms with van der Waals surface area (Å²) in [5.74, 6) is 14.1. The van der Waals surface area contributed by atoms with Crippen molar-refractivity contribution in [2.45, 2.75) is 41.5 Å². The van der Waals surface area contributed by atoms with E-state index in [9.17, 15) is 0 Å². The first-order valence-electron chi connectivity index (χ1n) is 8.27. The van der Waals surface area contributed by atoms with Gasteiger partial charge in [0, 0.05) is 21.8 Å². The van der Waals surface area contributed by atoms with E-state index in [1.54, 1.807) is 7.11 Å². The van der Waals surface area contributed by atoms with Gasteiger partial charge in [-0.3, -0.25) is 0 Å². The third-order valence-corrected chi connectivity index (χ3v) is 3.38. The van der Waals surface area contributed by atoms with Gasteiger partial charge in [0.25, 0.3) is 0 Å². The van der Waals surface area contributed by atoms with Crippen LogP contribution in [0.15, 0.2) is 30.3 Å². The Morgan fingerprint density at radius 1 is 0.750 bits per heavy atom. The van der Waals surface area contributed by atoms with Crippen LogP contribution in [0.2, 0.25) is 0 Å². The minimum absolute atomic E-state index is 0.0243. The summed E-state index contributed by atoms with van der Waals surface area (Å²) in [6, 6.07) is 10.2.